The highest BCUT2D eigenvalue weighted by Crippen LogP contribution is 2.15. The SMILES string of the molecule is CC/C(=C/CNc1cc(F)ccc1C)C(=O)OC. The van der Waals surface area contributed by atoms with Gasteiger partial charge in [0.25, 0.3) is 0 Å². The number of halogens is 1. The van der Waals surface area contributed by atoms with Gasteiger partial charge in [0, 0.05) is 17.8 Å². The summed E-state index contributed by atoms with van der Waals surface area (Å²) in [5.41, 5.74) is 2.30. The number of rotatable bonds is 5. The molecule has 0 aliphatic rings. The van der Waals surface area contributed by atoms with Crippen LogP contribution in [0.1, 0.15) is 18.9 Å². The van der Waals surface area contributed by atoms with Gasteiger partial charge in [0.2, 0.25) is 0 Å². The molecule has 0 saturated heterocycles. The molecule has 0 spiro atoms. The van der Waals surface area contributed by atoms with Crippen molar-refractivity contribution in [3.63, 3.8) is 0 Å². The van der Waals surface area contributed by atoms with Crippen molar-refractivity contribution in [1.29, 1.82) is 0 Å². The summed E-state index contributed by atoms with van der Waals surface area (Å²) in [6.45, 7) is 4.24. The Hall–Kier alpha value is -1.84. The van der Waals surface area contributed by atoms with Crippen LogP contribution in [0.25, 0.3) is 0 Å². The Kier molecular flexibility index (Phi) is 5.36. The Balaban J connectivity index is 2.67. The first-order chi connectivity index (χ1) is 8.58. The highest BCUT2D eigenvalue weighted by Gasteiger charge is 2.06. The average molecular weight is 251 g/mol. The standard InChI is InChI=1S/C14H18FNO2/c1-4-11(14(17)18-3)7-8-16-13-9-12(15)6-5-10(13)2/h5-7,9,16H,4,8H2,1-3H3/b11-7-. The summed E-state index contributed by atoms with van der Waals surface area (Å²) in [5, 5.41) is 3.07. The monoisotopic (exact) mass is 251 g/mol. The number of carbonyl (C=O) groups is 1. The fourth-order valence-electron chi connectivity index (χ4n) is 1.57. The number of aryl methyl sites for hydroxylation is 1. The van der Waals surface area contributed by atoms with E-state index in [1.165, 1.54) is 19.2 Å². The normalized spacial score (nSPS) is 11.2. The van der Waals surface area contributed by atoms with Gasteiger partial charge in [-0.25, -0.2) is 9.18 Å². The lowest BCUT2D eigenvalue weighted by atomic mass is 10.1. The van der Waals surface area contributed by atoms with Gasteiger partial charge in [-0.3, -0.25) is 0 Å². The molecule has 0 aromatic heterocycles. The fraction of sp³-hybridized carbons (Fsp3) is 0.357. The molecular weight excluding hydrogens is 233 g/mol. The lowest BCUT2D eigenvalue weighted by molar-refractivity contribution is -0.136. The number of benzene rings is 1. The van der Waals surface area contributed by atoms with Crippen molar-refractivity contribution in [2.24, 2.45) is 0 Å². The maximum absolute atomic E-state index is 13.1. The van der Waals surface area contributed by atoms with Crippen LogP contribution in [-0.4, -0.2) is 19.6 Å². The van der Waals surface area contributed by atoms with Crippen LogP contribution in [0, 0.1) is 12.7 Å². The smallest absolute Gasteiger partial charge is 0.333 e. The van der Waals surface area contributed by atoms with Crippen molar-refractivity contribution < 1.29 is 13.9 Å². The summed E-state index contributed by atoms with van der Waals surface area (Å²) in [4.78, 5) is 11.3. The summed E-state index contributed by atoms with van der Waals surface area (Å²) < 4.78 is 17.7. The molecule has 0 fully saturated rings. The minimum atomic E-state index is -0.324. The molecule has 1 N–H and O–H groups in total. The summed E-state index contributed by atoms with van der Waals surface area (Å²) in [5.74, 6) is -0.606. The third kappa shape index (κ3) is 3.87. The van der Waals surface area contributed by atoms with Crippen molar-refractivity contribution in [2.45, 2.75) is 20.3 Å². The van der Waals surface area contributed by atoms with Crippen molar-refractivity contribution in [3.05, 3.63) is 41.2 Å². The maximum Gasteiger partial charge on any atom is 0.333 e. The molecule has 0 saturated carbocycles. The van der Waals surface area contributed by atoms with E-state index in [0.717, 1.165) is 11.3 Å². The van der Waals surface area contributed by atoms with E-state index in [1.807, 2.05) is 13.8 Å². The second-order valence-electron chi connectivity index (χ2n) is 3.91. The van der Waals surface area contributed by atoms with Gasteiger partial charge in [0.1, 0.15) is 5.82 Å². The molecule has 4 heteroatoms. The Labute approximate surface area is 107 Å². The van der Waals surface area contributed by atoms with Gasteiger partial charge in [-0.2, -0.15) is 0 Å². The molecule has 1 rings (SSSR count). The molecular formula is C14H18FNO2. The van der Waals surface area contributed by atoms with Crippen LogP contribution in [0.15, 0.2) is 29.8 Å². The van der Waals surface area contributed by atoms with Crippen molar-refractivity contribution in [2.75, 3.05) is 19.0 Å². The first-order valence-electron chi connectivity index (χ1n) is 5.85. The van der Waals surface area contributed by atoms with E-state index in [2.05, 4.69) is 10.1 Å². The highest BCUT2D eigenvalue weighted by molar-refractivity contribution is 5.88. The van der Waals surface area contributed by atoms with Gasteiger partial charge >= 0.3 is 5.97 Å². The predicted octanol–water partition coefficient (Wildman–Crippen LogP) is 3.06. The number of carbonyl (C=O) groups excluding carboxylic acids is 1. The van der Waals surface area contributed by atoms with Crippen LogP contribution in [0.3, 0.4) is 0 Å². The minimum absolute atomic E-state index is 0.282. The van der Waals surface area contributed by atoms with Crippen molar-refractivity contribution in [1.82, 2.24) is 0 Å². The van der Waals surface area contributed by atoms with E-state index in [9.17, 15) is 9.18 Å². The van der Waals surface area contributed by atoms with Gasteiger partial charge in [-0.1, -0.05) is 19.1 Å². The van der Waals surface area contributed by atoms with Gasteiger partial charge < -0.3 is 10.1 Å². The van der Waals surface area contributed by atoms with E-state index in [4.69, 9.17) is 0 Å². The molecule has 0 bridgehead atoms. The van der Waals surface area contributed by atoms with Crippen molar-refractivity contribution in [3.8, 4) is 0 Å². The third-order valence-electron chi connectivity index (χ3n) is 2.67. The van der Waals surface area contributed by atoms with Gasteiger partial charge in [0.05, 0.1) is 7.11 Å². The molecule has 0 aliphatic heterocycles. The van der Waals surface area contributed by atoms with Crippen LogP contribution in [0.2, 0.25) is 0 Å². The third-order valence-corrected chi connectivity index (χ3v) is 2.67. The van der Waals surface area contributed by atoms with Gasteiger partial charge in [-0.05, 0) is 31.0 Å². The number of anilines is 1. The average Bonchev–Trinajstić information content (AvgIpc) is 2.37. The zero-order valence-corrected chi connectivity index (χ0v) is 10.9. The highest BCUT2D eigenvalue weighted by atomic mass is 19.1. The second kappa shape index (κ2) is 6.79. The first kappa shape index (κ1) is 14.2. The minimum Gasteiger partial charge on any atom is -0.466 e. The maximum atomic E-state index is 13.1. The molecule has 1 aromatic rings. The molecule has 98 valence electrons. The number of esters is 1. The Bertz CT molecular complexity index is 455. The summed E-state index contributed by atoms with van der Waals surface area (Å²) in [6.07, 6.45) is 2.37. The van der Waals surface area contributed by atoms with E-state index in [-0.39, 0.29) is 11.8 Å². The van der Waals surface area contributed by atoms with Crippen LogP contribution in [-0.2, 0) is 9.53 Å². The molecule has 1 aromatic carbocycles. The zero-order chi connectivity index (χ0) is 13.5. The zero-order valence-electron chi connectivity index (χ0n) is 10.9. The quantitative estimate of drug-likeness (QED) is 0.645. The Morgan fingerprint density at radius 3 is 2.83 bits per heavy atom. The number of hydrogen-bond acceptors (Lipinski definition) is 3. The molecule has 0 atom stereocenters. The van der Waals surface area contributed by atoms with Gasteiger partial charge in [0.15, 0.2) is 0 Å². The van der Waals surface area contributed by atoms with Crippen LogP contribution in [0.4, 0.5) is 10.1 Å². The van der Waals surface area contributed by atoms with Crippen LogP contribution < -0.4 is 5.32 Å². The number of ether oxygens (including phenoxy) is 1. The van der Waals surface area contributed by atoms with E-state index >= 15 is 0 Å². The topological polar surface area (TPSA) is 38.3 Å². The molecule has 0 unspecified atom stereocenters. The Morgan fingerprint density at radius 1 is 1.50 bits per heavy atom. The van der Waals surface area contributed by atoms with E-state index in [0.29, 0.717) is 18.5 Å². The lowest BCUT2D eigenvalue weighted by Gasteiger charge is -2.08. The molecule has 3 nitrogen and oxygen atoms in total. The largest absolute Gasteiger partial charge is 0.466 e. The molecule has 0 radical (unpaired) electrons. The molecule has 0 amide bonds. The fourth-order valence-corrected chi connectivity index (χ4v) is 1.57. The number of methoxy groups -OCH3 is 1. The summed E-state index contributed by atoms with van der Waals surface area (Å²) >= 11 is 0. The Morgan fingerprint density at radius 2 is 2.22 bits per heavy atom. The molecule has 18 heavy (non-hydrogen) atoms. The van der Waals surface area contributed by atoms with E-state index in [1.54, 1.807) is 12.1 Å². The molecule has 0 heterocycles. The van der Waals surface area contributed by atoms with E-state index < -0.39 is 0 Å². The molecule has 0 aliphatic carbocycles. The predicted molar refractivity (Wildman–Crippen MR) is 70.0 cm³/mol. The van der Waals surface area contributed by atoms with Crippen LogP contribution >= 0.6 is 0 Å². The second-order valence-corrected chi connectivity index (χ2v) is 3.91. The van der Waals surface area contributed by atoms with Gasteiger partial charge in [-0.15, -0.1) is 0 Å². The number of nitrogens with one attached hydrogen (secondary N) is 1. The number of hydrogen-bond donors (Lipinski definition) is 1. The summed E-state index contributed by atoms with van der Waals surface area (Å²) in [7, 11) is 1.36. The lowest BCUT2D eigenvalue weighted by Crippen LogP contribution is -2.07. The first-order valence-corrected chi connectivity index (χ1v) is 5.85. The van der Waals surface area contributed by atoms with Crippen LogP contribution in [0.5, 0.6) is 0 Å². The summed E-state index contributed by atoms with van der Waals surface area (Å²) in [6, 6.07) is 4.57. The van der Waals surface area contributed by atoms with Crippen molar-refractivity contribution >= 4 is 11.7 Å².